The zero-order valence-electron chi connectivity index (χ0n) is 17.8. The Bertz CT molecular complexity index is 1330. The van der Waals surface area contributed by atoms with E-state index in [0.717, 1.165) is 18.5 Å². The summed E-state index contributed by atoms with van der Waals surface area (Å²) in [5, 5.41) is 4.23. The van der Waals surface area contributed by atoms with Crippen LogP contribution in [0, 0.1) is 0 Å². The van der Waals surface area contributed by atoms with Crippen molar-refractivity contribution in [2.24, 2.45) is 0 Å². The largest absolute Gasteiger partial charge is 0.455 e. The molecule has 0 aromatic carbocycles. The number of fused-ring (bicyclic) bond motifs is 1. The molecule has 34 heavy (non-hydrogen) atoms. The maximum atomic E-state index is 13.5. The summed E-state index contributed by atoms with van der Waals surface area (Å²) in [6.07, 6.45) is -5.57. The molecule has 0 bridgehead atoms. The molecule has 4 nitrogen and oxygen atoms in total. The van der Waals surface area contributed by atoms with E-state index in [1.54, 1.807) is 6.92 Å². The fraction of sp³-hybridized carbons (Fsp3) is 0.333. The SMILES string of the molecule is C=C(/C=c1/cnn(CC(F)(F)C(F)(F)F)/c1=C/C)c1nc2ccc(C(F)(F)F)cn2c1SCC. The van der Waals surface area contributed by atoms with Crippen LogP contribution < -0.4 is 10.6 Å². The van der Waals surface area contributed by atoms with Crippen LogP contribution in [-0.4, -0.2) is 37.0 Å². The maximum Gasteiger partial charge on any atom is 0.455 e. The lowest BCUT2D eigenvalue weighted by atomic mass is 10.2. The molecular weight excluding hydrogens is 492 g/mol. The lowest BCUT2D eigenvalue weighted by Gasteiger charge is -2.19. The smallest absolute Gasteiger partial charge is 0.294 e. The standard InChI is InChI=1S/C21H18F8N4S/c1-4-15-13(9-30-33(15)11-19(22,23)21(27,28)29)8-12(3)17-18(34-5-2)32-10-14(20(24,25)26)6-7-16(32)31-17/h4,6-10H,3,5,11H2,1-2H3/b13-8-,15-4+. The molecule has 0 saturated heterocycles. The second-order valence-electron chi connectivity index (χ2n) is 7.15. The third kappa shape index (κ3) is 4.98. The molecule has 0 aliphatic carbocycles. The molecule has 0 aliphatic rings. The van der Waals surface area contributed by atoms with E-state index >= 15 is 0 Å². The molecule has 0 aliphatic heterocycles. The van der Waals surface area contributed by atoms with Crippen LogP contribution in [0.5, 0.6) is 0 Å². The summed E-state index contributed by atoms with van der Waals surface area (Å²) < 4.78 is 106. The monoisotopic (exact) mass is 510 g/mol. The predicted octanol–water partition coefficient (Wildman–Crippen LogP) is 5.15. The summed E-state index contributed by atoms with van der Waals surface area (Å²) in [6.45, 7) is 5.42. The van der Waals surface area contributed by atoms with E-state index in [2.05, 4.69) is 16.7 Å². The molecule has 0 fully saturated rings. The van der Waals surface area contributed by atoms with Gasteiger partial charge in [-0.25, -0.2) is 4.98 Å². The van der Waals surface area contributed by atoms with Crippen LogP contribution >= 0.6 is 11.8 Å². The summed E-state index contributed by atoms with van der Waals surface area (Å²) in [5.74, 6) is -4.49. The number of hydrogen-bond acceptors (Lipinski definition) is 3. The molecule has 3 aromatic heterocycles. The van der Waals surface area contributed by atoms with E-state index in [1.165, 1.54) is 41.3 Å². The number of aromatic nitrogens is 4. The summed E-state index contributed by atoms with van der Waals surface area (Å²) in [7, 11) is 0. The number of rotatable bonds is 6. The van der Waals surface area contributed by atoms with Gasteiger partial charge in [-0.05, 0) is 36.5 Å². The van der Waals surface area contributed by atoms with Crippen molar-refractivity contribution in [3.63, 3.8) is 0 Å². The van der Waals surface area contributed by atoms with Crippen LogP contribution in [0.1, 0.15) is 25.1 Å². The van der Waals surface area contributed by atoms with E-state index in [0.29, 0.717) is 15.5 Å². The van der Waals surface area contributed by atoms with Gasteiger partial charge in [0.05, 0.1) is 17.1 Å². The molecule has 0 radical (unpaired) electrons. The number of halogens is 8. The number of allylic oxidation sites excluding steroid dienone is 1. The molecule has 0 amide bonds. The van der Waals surface area contributed by atoms with E-state index < -0.39 is 30.4 Å². The fourth-order valence-electron chi connectivity index (χ4n) is 3.17. The summed E-state index contributed by atoms with van der Waals surface area (Å²) in [4.78, 5) is 4.34. The van der Waals surface area contributed by atoms with Gasteiger partial charge in [0, 0.05) is 11.4 Å². The quantitative estimate of drug-likeness (QED) is 0.340. The lowest BCUT2D eigenvalue weighted by molar-refractivity contribution is -0.287. The second-order valence-corrected chi connectivity index (χ2v) is 8.40. The van der Waals surface area contributed by atoms with E-state index in [1.807, 2.05) is 0 Å². The van der Waals surface area contributed by atoms with Crippen molar-refractivity contribution in [2.75, 3.05) is 5.75 Å². The molecule has 0 saturated carbocycles. The third-order valence-electron chi connectivity index (χ3n) is 4.76. The van der Waals surface area contributed by atoms with Gasteiger partial charge in [-0.1, -0.05) is 19.6 Å². The Morgan fingerprint density at radius 2 is 1.79 bits per heavy atom. The highest BCUT2D eigenvalue weighted by atomic mass is 32.2. The Morgan fingerprint density at radius 1 is 1.12 bits per heavy atom. The number of pyridine rings is 1. The van der Waals surface area contributed by atoms with Crippen LogP contribution in [-0.2, 0) is 12.7 Å². The van der Waals surface area contributed by atoms with Crippen LogP contribution in [0.15, 0.2) is 36.1 Å². The van der Waals surface area contributed by atoms with Gasteiger partial charge < -0.3 is 0 Å². The third-order valence-corrected chi connectivity index (χ3v) is 5.72. The van der Waals surface area contributed by atoms with Gasteiger partial charge >= 0.3 is 18.3 Å². The minimum Gasteiger partial charge on any atom is -0.294 e. The first-order chi connectivity index (χ1) is 15.7. The molecular formula is C21H18F8N4S. The van der Waals surface area contributed by atoms with Crippen LogP contribution in [0.2, 0.25) is 0 Å². The van der Waals surface area contributed by atoms with Crippen molar-refractivity contribution in [2.45, 2.75) is 43.7 Å². The van der Waals surface area contributed by atoms with E-state index in [-0.39, 0.29) is 27.5 Å². The first-order valence-corrected chi connectivity index (χ1v) is 10.7. The zero-order chi connectivity index (χ0) is 25.5. The summed E-state index contributed by atoms with van der Waals surface area (Å²) in [5.41, 5.74) is -0.164. The minimum atomic E-state index is -5.74. The Hall–Kier alpha value is -2.83. The topological polar surface area (TPSA) is 35.1 Å². The fourth-order valence-corrected chi connectivity index (χ4v) is 4.04. The van der Waals surface area contributed by atoms with Crippen LogP contribution in [0.4, 0.5) is 35.1 Å². The minimum absolute atomic E-state index is 0.00195. The predicted molar refractivity (Wildman–Crippen MR) is 113 cm³/mol. The van der Waals surface area contributed by atoms with Crippen molar-refractivity contribution in [1.82, 2.24) is 19.2 Å². The van der Waals surface area contributed by atoms with Gasteiger partial charge in [0.15, 0.2) is 0 Å². The molecule has 0 atom stereocenters. The molecule has 3 aromatic rings. The first-order valence-electron chi connectivity index (χ1n) is 9.75. The molecule has 3 rings (SSSR count). The Balaban J connectivity index is 2.09. The van der Waals surface area contributed by atoms with Crippen molar-refractivity contribution in [3.05, 3.63) is 52.9 Å². The van der Waals surface area contributed by atoms with Crippen LogP contribution in [0.3, 0.4) is 0 Å². The van der Waals surface area contributed by atoms with E-state index in [4.69, 9.17) is 0 Å². The average molecular weight is 510 g/mol. The number of alkyl halides is 8. The molecule has 0 unspecified atom stereocenters. The Morgan fingerprint density at radius 3 is 2.35 bits per heavy atom. The van der Waals surface area contributed by atoms with Gasteiger partial charge in [-0.2, -0.15) is 40.2 Å². The van der Waals surface area contributed by atoms with Gasteiger partial charge in [0.2, 0.25) is 0 Å². The first kappa shape index (κ1) is 25.8. The lowest BCUT2D eigenvalue weighted by Crippen LogP contribution is -2.44. The van der Waals surface area contributed by atoms with Crippen molar-refractivity contribution < 1.29 is 35.1 Å². The van der Waals surface area contributed by atoms with E-state index in [9.17, 15) is 35.1 Å². The van der Waals surface area contributed by atoms with Crippen molar-refractivity contribution in [1.29, 1.82) is 0 Å². The number of thioether (sulfide) groups is 1. The number of imidazole rings is 1. The highest BCUT2D eigenvalue weighted by Gasteiger charge is 2.57. The summed E-state index contributed by atoms with van der Waals surface area (Å²) >= 11 is 1.22. The molecule has 0 spiro atoms. The molecule has 13 heteroatoms. The van der Waals surface area contributed by atoms with Gasteiger partial charge in [0.1, 0.15) is 22.9 Å². The Kier molecular flexibility index (Phi) is 6.89. The van der Waals surface area contributed by atoms with Gasteiger partial charge in [0.25, 0.3) is 0 Å². The number of hydrogen-bond donors (Lipinski definition) is 0. The average Bonchev–Trinajstić information content (AvgIpc) is 3.27. The normalized spacial score (nSPS) is 14.4. The van der Waals surface area contributed by atoms with Crippen molar-refractivity contribution >= 4 is 35.1 Å². The van der Waals surface area contributed by atoms with Gasteiger partial charge in [-0.3, -0.25) is 9.08 Å². The highest BCUT2D eigenvalue weighted by molar-refractivity contribution is 7.99. The summed E-state index contributed by atoms with van der Waals surface area (Å²) in [6, 6.07) is 2.11. The molecule has 184 valence electrons. The van der Waals surface area contributed by atoms with Crippen molar-refractivity contribution in [3.8, 4) is 0 Å². The second kappa shape index (κ2) is 9.08. The number of nitrogens with zero attached hydrogens (tertiary/aromatic N) is 4. The van der Waals surface area contributed by atoms with Crippen LogP contribution in [0.25, 0.3) is 23.4 Å². The Labute approximate surface area is 192 Å². The zero-order valence-corrected chi connectivity index (χ0v) is 18.6. The maximum absolute atomic E-state index is 13.5. The molecule has 3 heterocycles. The van der Waals surface area contributed by atoms with Gasteiger partial charge in [-0.15, -0.1) is 11.8 Å². The highest BCUT2D eigenvalue weighted by Crippen LogP contribution is 2.36. The molecule has 0 N–H and O–H groups in total.